The number of nitrogens with zero attached hydrogens (tertiary/aromatic N) is 2. The first-order chi connectivity index (χ1) is 17.0. The Bertz CT molecular complexity index is 1290. The number of carbonyl (C=O) groups excluding carboxylic acids is 1. The first-order valence-electron chi connectivity index (χ1n) is 12.5. The van der Waals surface area contributed by atoms with E-state index in [1.807, 2.05) is 37.3 Å². The molecule has 0 saturated heterocycles. The van der Waals surface area contributed by atoms with Gasteiger partial charge < -0.3 is 14.6 Å². The second kappa shape index (κ2) is 11.7. The first kappa shape index (κ1) is 24.5. The Balaban J connectivity index is 1.30. The van der Waals surface area contributed by atoms with E-state index < -0.39 is 0 Å². The van der Waals surface area contributed by atoms with Crippen LogP contribution in [0.25, 0.3) is 11.0 Å². The average Bonchev–Trinajstić information content (AvgIpc) is 3.20. The van der Waals surface area contributed by atoms with Crippen molar-refractivity contribution < 1.29 is 9.53 Å². The Hall–Kier alpha value is -3.60. The van der Waals surface area contributed by atoms with Crippen molar-refractivity contribution in [3.05, 3.63) is 94.8 Å². The molecule has 0 radical (unpaired) electrons. The van der Waals surface area contributed by atoms with Crippen LogP contribution in [0.15, 0.2) is 66.7 Å². The summed E-state index contributed by atoms with van der Waals surface area (Å²) in [5, 5.41) is 3.05. The fraction of sp³-hybridized carbons (Fsp3) is 0.333. The van der Waals surface area contributed by atoms with Gasteiger partial charge in [0.25, 0.3) is 5.91 Å². The van der Waals surface area contributed by atoms with E-state index in [9.17, 15) is 4.79 Å². The minimum absolute atomic E-state index is 0.0135. The van der Waals surface area contributed by atoms with Gasteiger partial charge in [-0.25, -0.2) is 4.98 Å². The molecule has 0 aliphatic heterocycles. The third-order valence-corrected chi connectivity index (χ3v) is 6.35. The zero-order valence-electron chi connectivity index (χ0n) is 21.0. The normalized spacial score (nSPS) is 11.1. The number of hydrogen-bond acceptors (Lipinski definition) is 3. The number of benzene rings is 3. The van der Waals surface area contributed by atoms with Crippen LogP contribution in [0.3, 0.4) is 0 Å². The number of unbranched alkanes of at least 4 members (excludes halogenated alkanes) is 1. The van der Waals surface area contributed by atoms with Crippen LogP contribution < -0.4 is 10.1 Å². The maximum absolute atomic E-state index is 12.5. The van der Waals surface area contributed by atoms with Crippen LogP contribution >= 0.6 is 0 Å². The minimum atomic E-state index is -0.0135. The largest absolute Gasteiger partial charge is 0.493 e. The molecule has 0 aliphatic carbocycles. The van der Waals surface area contributed by atoms with Gasteiger partial charge in [0.05, 0.1) is 17.6 Å². The van der Waals surface area contributed by atoms with Gasteiger partial charge in [0.15, 0.2) is 0 Å². The summed E-state index contributed by atoms with van der Waals surface area (Å²) in [7, 11) is 0. The summed E-state index contributed by atoms with van der Waals surface area (Å²) in [6.45, 7) is 8.39. The van der Waals surface area contributed by atoms with Gasteiger partial charge in [-0.15, -0.1) is 0 Å². The monoisotopic (exact) mass is 469 g/mol. The lowest BCUT2D eigenvalue weighted by molar-refractivity contribution is 0.0952. The van der Waals surface area contributed by atoms with Crippen LogP contribution in [0.4, 0.5) is 0 Å². The average molecular weight is 470 g/mol. The number of imidazole rings is 1. The minimum Gasteiger partial charge on any atom is -0.493 e. The lowest BCUT2D eigenvalue weighted by Gasteiger charge is -2.12. The molecule has 0 atom stereocenters. The van der Waals surface area contributed by atoms with E-state index in [-0.39, 0.29) is 5.91 Å². The fourth-order valence-electron chi connectivity index (χ4n) is 4.45. The van der Waals surface area contributed by atoms with Crippen LogP contribution in [0.1, 0.15) is 52.1 Å². The Morgan fingerprint density at radius 1 is 0.914 bits per heavy atom. The molecule has 4 rings (SSSR count). The van der Waals surface area contributed by atoms with E-state index in [1.165, 1.54) is 16.6 Å². The van der Waals surface area contributed by atoms with E-state index in [0.29, 0.717) is 13.2 Å². The molecule has 0 saturated carbocycles. The maximum atomic E-state index is 12.5. The molecule has 0 fully saturated rings. The summed E-state index contributed by atoms with van der Waals surface area (Å²) in [5.74, 6) is 2.03. The molecule has 0 bridgehead atoms. The highest BCUT2D eigenvalue weighted by Crippen LogP contribution is 2.20. The van der Waals surface area contributed by atoms with Gasteiger partial charge in [-0.05, 0) is 75.4 Å². The molecular formula is C30H35N3O2. The number of rotatable bonds is 11. The fourth-order valence-corrected chi connectivity index (χ4v) is 4.45. The zero-order chi connectivity index (χ0) is 24.6. The number of amides is 1. The van der Waals surface area contributed by atoms with Crippen molar-refractivity contribution in [2.75, 3.05) is 13.2 Å². The highest BCUT2D eigenvalue weighted by Gasteiger charge is 2.11. The number of ether oxygens (including phenoxy) is 1. The second-order valence-corrected chi connectivity index (χ2v) is 9.17. The number of fused-ring (bicyclic) bond motifs is 1. The molecule has 5 nitrogen and oxygen atoms in total. The SMILES string of the molecule is Cc1ccc(OCCCCn2c(CCCNC(=O)c3ccccc3C)nc3ccccc32)c(C)c1. The van der Waals surface area contributed by atoms with Gasteiger partial charge in [0, 0.05) is 25.1 Å². The lowest BCUT2D eigenvalue weighted by atomic mass is 10.1. The predicted molar refractivity (Wildman–Crippen MR) is 142 cm³/mol. The Kier molecular flexibility index (Phi) is 8.19. The molecule has 0 spiro atoms. The smallest absolute Gasteiger partial charge is 0.251 e. The van der Waals surface area contributed by atoms with Gasteiger partial charge in [0.1, 0.15) is 11.6 Å². The van der Waals surface area contributed by atoms with Crippen molar-refractivity contribution in [1.29, 1.82) is 0 Å². The van der Waals surface area contributed by atoms with E-state index in [0.717, 1.165) is 60.4 Å². The number of carbonyl (C=O) groups is 1. The van der Waals surface area contributed by atoms with E-state index >= 15 is 0 Å². The highest BCUT2D eigenvalue weighted by atomic mass is 16.5. The molecule has 0 unspecified atom stereocenters. The summed E-state index contributed by atoms with van der Waals surface area (Å²) in [6, 6.07) is 22.3. The van der Waals surface area contributed by atoms with Crippen LogP contribution in [0.5, 0.6) is 5.75 Å². The second-order valence-electron chi connectivity index (χ2n) is 9.17. The molecule has 182 valence electrons. The summed E-state index contributed by atoms with van der Waals surface area (Å²) in [4.78, 5) is 17.4. The van der Waals surface area contributed by atoms with Crippen molar-refractivity contribution in [2.45, 2.75) is 53.0 Å². The van der Waals surface area contributed by atoms with Gasteiger partial charge >= 0.3 is 0 Å². The molecule has 1 amide bonds. The molecular weight excluding hydrogens is 434 g/mol. The van der Waals surface area contributed by atoms with E-state index in [1.54, 1.807) is 0 Å². The molecule has 3 aromatic carbocycles. The predicted octanol–water partition coefficient (Wildman–Crippen LogP) is 6.18. The first-order valence-corrected chi connectivity index (χ1v) is 12.5. The van der Waals surface area contributed by atoms with Crippen molar-refractivity contribution in [2.24, 2.45) is 0 Å². The topological polar surface area (TPSA) is 56.1 Å². The molecule has 1 aromatic heterocycles. The quantitative estimate of drug-likeness (QED) is 0.267. The highest BCUT2D eigenvalue weighted by molar-refractivity contribution is 5.95. The third kappa shape index (κ3) is 6.30. The van der Waals surface area contributed by atoms with Crippen LogP contribution in [-0.2, 0) is 13.0 Å². The van der Waals surface area contributed by atoms with Gasteiger partial charge in [-0.2, -0.15) is 0 Å². The Labute approximate surface area is 208 Å². The Morgan fingerprint density at radius 3 is 2.54 bits per heavy atom. The zero-order valence-corrected chi connectivity index (χ0v) is 21.0. The number of nitrogens with one attached hydrogen (secondary N) is 1. The summed E-state index contributed by atoms with van der Waals surface area (Å²) in [5.41, 5.74) is 6.36. The summed E-state index contributed by atoms with van der Waals surface area (Å²) in [6.07, 6.45) is 3.66. The molecule has 1 heterocycles. The molecule has 4 aromatic rings. The van der Waals surface area contributed by atoms with Gasteiger partial charge in [0.2, 0.25) is 0 Å². The number of aromatic nitrogens is 2. The Morgan fingerprint density at radius 2 is 1.71 bits per heavy atom. The van der Waals surface area contributed by atoms with Crippen LogP contribution in [0.2, 0.25) is 0 Å². The van der Waals surface area contributed by atoms with Gasteiger partial charge in [-0.3, -0.25) is 4.79 Å². The van der Waals surface area contributed by atoms with Gasteiger partial charge in [-0.1, -0.05) is 48.0 Å². The molecule has 5 heteroatoms. The summed E-state index contributed by atoms with van der Waals surface area (Å²) >= 11 is 0. The van der Waals surface area contributed by atoms with Crippen molar-refractivity contribution >= 4 is 16.9 Å². The third-order valence-electron chi connectivity index (χ3n) is 6.35. The van der Waals surface area contributed by atoms with Crippen molar-refractivity contribution in [3.8, 4) is 5.75 Å². The van der Waals surface area contributed by atoms with Crippen molar-refractivity contribution in [3.63, 3.8) is 0 Å². The standard InChI is InChI=1S/C30H35N3O2/c1-22-16-17-28(24(3)21-22)35-20-9-8-19-33-27-14-7-6-13-26(27)32-29(33)15-10-18-31-30(34)25-12-5-4-11-23(25)2/h4-7,11-14,16-17,21H,8-10,15,18-20H2,1-3H3,(H,31,34). The molecule has 35 heavy (non-hydrogen) atoms. The lowest BCUT2D eigenvalue weighted by Crippen LogP contribution is -2.25. The van der Waals surface area contributed by atoms with Crippen LogP contribution in [0, 0.1) is 20.8 Å². The summed E-state index contributed by atoms with van der Waals surface area (Å²) < 4.78 is 8.34. The molecule has 1 N–H and O–H groups in total. The maximum Gasteiger partial charge on any atom is 0.251 e. The van der Waals surface area contributed by atoms with E-state index in [2.05, 4.69) is 60.1 Å². The number of para-hydroxylation sites is 2. The molecule has 0 aliphatic rings. The van der Waals surface area contributed by atoms with Crippen LogP contribution in [-0.4, -0.2) is 28.6 Å². The number of aryl methyl sites for hydroxylation is 5. The van der Waals surface area contributed by atoms with E-state index in [4.69, 9.17) is 9.72 Å². The van der Waals surface area contributed by atoms with Crippen molar-refractivity contribution in [1.82, 2.24) is 14.9 Å². The number of hydrogen-bond donors (Lipinski definition) is 1.